The smallest absolute Gasteiger partial charge is 0.332 e. The first-order valence-corrected chi connectivity index (χ1v) is 8.61. The molecule has 0 bridgehead atoms. The standard InChI is InChI=1S/C16H11ClFNO4S/c17-15-13(12-3-1-2-4-14(12)23-15)9-19-16(20)10-5-7-11(8-6-10)24(18,21)22/h1-8H,9H2,(H,19,20). The van der Waals surface area contributed by atoms with Crippen LogP contribution in [0.1, 0.15) is 15.9 Å². The number of rotatable bonds is 4. The van der Waals surface area contributed by atoms with Gasteiger partial charge < -0.3 is 9.73 Å². The van der Waals surface area contributed by atoms with E-state index in [1.54, 1.807) is 6.07 Å². The van der Waals surface area contributed by atoms with Gasteiger partial charge in [0.1, 0.15) is 5.58 Å². The lowest BCUT2D eigenvalue weighted by Crippen LogP contribution is -2.22. The summed E-state index contributed by atoms with van der Waals surface area (Å²) < 4.78 is 39.8. The zero-order valence-corrected chi connectivity index (χ0v) is 13.7. The zero-order valence-electron chi connectivity index (χ0n) is 12.1. The van der Waals surface area contributed by atoms with Crippen molar-refractivity contribution in [2.24, 2.45) is 0 Å². The lowest BCUT2D eigenvalue weighted by atomic mass is 10.1. The highest BCUT2D eigenvalue weighted by Gasteiger charge is 2.15. The van der Waals surface area contributed by atoms with Crippen molar-refractivity contribution in [3.8, 4) is 0 Å². The van der Waals surface area contributed by atoms with Crippen molar-refractivity contribution in [2.75, 3.05) is 0 Å². The fraction of sp³-hybridized carbons (Fsp3) is 0.0625. The van der Waals surface area contributed by atoms with Crippen LogP contribution < -0.4 is 5.32 Å². The van der Waals surface area contributed by atoms with Crippen LogP contribution in [0.2, 0.25) is 5.22 Å². The van der Waals surface area contributed by atoms with Crippen LogP contribution >= 0.6 is 11.6 Å². The summed E-state index contributed by atoms with van der Waals surface area (Å²) in [4.78, 5) is 11.6. The van der Waals surface area contributed by atoms with Crippen molar-refractivity contribution >= 4 is 38.7 Å². The largest absolute Gasteiger partial charge is 0.444 e. The monoisotopic (exact) mass is 367 g/mol. The topological polar surface area (TPSA) is 76.4 Å². The molecule has 1 aromatic heterocycles. The molecule has 5 nitrogen and oxygen atoms in total. The average molecular weight is 368 g/mol. The second-order valence-corrected chi connectivity index (χ2v) is 6.69. The predicted octanol–water partition coefficient (Wildman–Crippen LogP) is 3.67. The van der Waals surface area contributed by atoms with Gasteiger partial charge in [-0.25, -0.2) is 0 Å². The lowest BCUT2D eigenvalue weighted by molar-refractivity contribution is 0.0951. The van der Waals surface area contributed by atoms with E-state index in [4.69, 9.17) is 16.0 Å². The van der Waals surface area contributed by atoms with Crippen molar-refractivity contribution in [2.45, 2.75) is 11.4 Å². The Morgan fingerprint density at radius 1 is 1.12 bits per heavy atom. The Kier molecular flexibility index (Phi) is 4.29. The van der Waals surface area contributed by atoms with Gasteiger partial charge in [0.05, 0.1) is 4.90 Å². The van der Waals surface area contributed by atoms with Gasteiger partial charge in [0.25, 0.3) is 5.91 Å². The van der Waals surface area contributed by atoms with Crippen LogP contribution in [0.5, 0.6) is 0 Å². The van der Waals surface area contributed by atoms with E-state index >= 15 is 0 Å². The number of nitrogens with one attached hydrogen (secondary N) is 1. The minimum Gasteiger partial charge on any atom is -0.444 e. The fourth-order valence-corrected chi connectivity index (χ4v) is 2.99. The first-order valence-electron chi connectivity index (χ1n) is 6.85. The van der Waals surface area contributed by atoms with Crippen LogP contribution in [-0.2, 0) is 16.8 Å². The third-order valence-corrected chi connectivity index (χ3v) is 4.61. The molecule has 3 aromatic rings. The quantitative estimate of drug-likeness (QED) is 0.714. The fourth-order valence-electron chi connectivity index (χ4n) is 2.27. The number of halogens is 2. The molecule has 0 spiro atoms. The molecule has 1 heterocycles. The predicted molar refractivity (Wildman–Crippen MR) is 87.1 cm³/mol. The normalized spacial score (nSPS) is 11.6. The Bertz CT molecular complexity index is 1010. The van der Waals surface area contributed by atoms with Gasteiger partial charge in [-0.15, -0.1) is 3.89 Å². The van der Waals surface area contributed by atoms with Crippen molar-refractivity contribution in [1.82, 2.24) is 5.32 Å². The molecule has 0 fully saturated rings. The molecule has 124 valence electrons. The number of hydrogen-bond acceptors (Lipinski definition) is 4. The number of furan rings is 1. The lowest BCUT2D eigenvalue weighted by Gasteiger charge is -2.05. The van der Waals surface area contributed by atoms with Gasteiger partial charge in [-0.1, -0.05) is 18.2 Å². The summed E-state index contributed by atoms with van der Waals surface area (Å²) in [5, 5.41) is 3.65. The molecule has 0 atom stereocenters. The molecular formula is C16H11ClFNO4S. The van der Waals surface area contributed by atoms with Gasteiger partial charge in [0.2, 0.25) is 0 Å². The van der Waals surface area contributed by atoms with Crippen LogP contribution in [-0.4, -0.2) is 14.3 Å². The van der Waals surface area contributed by atoms with E-state index in [1.807, 2.05) is 18.2 Å². The molecule has 0 aliphatic rings. The zero-order chi connectivity index (χ0) is 17.3. The van der Waals surface area contributed by atoms with Gasteiger partial charge >= 0.3 is 10.2 Å². The van der Waals surface area contributed by atoms with E-state index in [-0.39, 0.29) is 17.3 Å². The molecule has 0 saturated heterocycles. The summed E-state index contributed by atoms with van der Waals surface area (Å²) in [6.45, 7) is 0.137. The summed E-state index contributed by atoms with van der Waals surface area (Å²) in [7, 11) is -4.78. The minimum atomic E-state index is -4.78. The molecule has 0 radical (unpaired) electrons. The van der Waals surface area contributed by atoms with Gasteiger partial charge in [-0.2, -0.15) is 8.42 Å². The highest BCUT2D eigenvalue weighted by Crippen LogP contribution is 2.29. The molecule has 24 heavy (non-hydrogen) atoms. The summed E-state index contributed by atoms with van der Waals surface area (Å²) in [6, 6.07) is 11.8. The Morgan fingerprint density at radius 2 is 1.79 bits per heavy atom. The number of fused-ring (bicyclic) bond motifs is 1. The van der Waals surface area contributed by atoms with Crippen LogP contribution in [0.4, 0.5) is 3.89 Å². The molecule has 0 unspecified atom stereocenters. The Morgan fingerprint density at radius 3 is 2.46 bits per heavy atom. The Labute approximate surface area is 142 Å². The third kappa shape index (κ3) is 3.27. The van der Waals surface area contributed by atoms with E-state index in [9.17, 15) is 17.1 Å². The van der Waals surface area contributed by atoms with Crippen molar-refractivity contribution in [3.63, 3.8) is 0 Å². The molecule has 8 heteroatoms. The number of carbonyl (C=O) groups excluding carboxylic acids is 1. The Hall–Kier alpha value is -2.38. The van der Waals surface area contributed by atoms with Crippen LogP contribution in [0.25, 0.3) is 11.0 Å². The second-order valence-electron chi connectivity index (χ2n) is 5.00. The molecule has 0 aliphatic carbocycles. The van der Waals surface area contributed by atoms with Crippen LogP contribution in [0, 0.1) is 0 Å². The number of benzene rings is 2. The van der Waals surface area contributed by atoms with Gasteiger partial charge in [-0.05, 0) is 41.9 Å². The molecule has 1 N–H and O–H groups in total. The molecule has 2 aromatic carbocycles. The maximum Gasteiger partial charge on any atom is 0.332 e. The summed E-state index contributed by atoms with van der Waals surface area (Å²) in [6.07, 6.45) is 0. The first-order chi connectivity index (χ1) is 11.4. The van der Waals surface area contributed by atoms with Gasteiger partial charge in [-0.3, -0.25) is 4.79 Å². The summed E-state index contributed by atoms with van der Waals surface area (Å²) in [5.74, 6) is -0.445. The van der Waals surface area contributed by atoms with Crippen molar-refractivity contribution in [3.05, 3.63) is 64.9 Å². The van der Waals surface area contributed by atoms with Crippen molar-refractivity contribution in [1.29, 1.82) is 0 Å². The molecule has 3 rings (SSSR count). The van der Waals surface area contributed by atoms with E-state index in [0.717, 1.165) is 17.5 Å². The van der Waals surface area contributed by atoms with E-state index in [2.05, 4.69) is 5.32 Å². The molecule has 1 amide bonds. The van der Waals surface area contributed by atoms with E-state index < -0.39 is 21.0 Å². The minimum absolute atomic E-state index is 0.137. The first kappa shape index (κ1) is 16.5. The Balaban J connectivity index is 1.76. The molecule has 0 saturated carbocycles. The van der Waals surface area contributed by atoms with E-state index in [0.29, 0.717) is 11.1 Å². The van der Waals surface area contributed by atoms with Gasteiger partial charge in [0.15, 0.2) is 5.22 Å². The number of amides is 1. The highest BCUT2D eigenvalue weighted by molar-refractivity contribution is 7.86. The second kappa shape index (κ2) is 6.26. The number of para-hydroxylation sites is 1. The summed E-state index contributed by atoms with van der Waals surface area (Å²) >= 11 is 6.04. The maximum atomic E-state index is 12.8. The molecule has 0 aliphatic heterocycles. The van der Waals surface area contributed by atoms with Crippen LogP contribution in [0.15, 0.2) is 57.8 Å². The summed E-state index contributed by atoms with van der Waals surface area (Å²) in [5.41, 5.74) is 1.46. The number of carbonyl (C=O) groups is 1. The van der Waals surface area contributed by atoms with Gasteiger partial charge in [0, 0.05) is 23.1 Å². The molecular weight excluding hydrogens is 357 g/mol. The van der Waals surface area contributed by atoms with Crippen LogP contribution in [0.3, 0.4) is 0 Å². The average Bonchev–Trinajstić information content (AvgIpc) is 2.87. The highest BCUT2D eigenvalue weighted by atomic mass is 35.5. The third-order valence-electron chi connectivity index (χ3n) is 3.47. The van der Waals surface area contributed by atoms with Crippen molar-refractivity contribution < 1.29 is 21.5 Å². The number of hydrogen-bond donors (Lipinski definition) is 1. The van der Waals surface area contributed by atoms with E-state index in [1.165, 1.54) is 12.1 Å². The SMILES string of the molecule is O=C(NCc1c(Cl)oc2ccccc12)c1ccc(S(=O)(=O)F)cc1. The maximum absolute atomic E-state index is 12.8.